The third-order valence-corrected chi connectivity index (χ3v) is 1.30. The molecule has 0 saturated heterocycles. The molecule has 1 atom stereocenters. The van der Waals surface area contributed by atoms with Crippen LogP contribution in [0.3, 0.4) is 0 Å². The van der Waals surface area contributed by atoms with Crippen molar-refractivity contribution < 1.29 is 29.6 Å². The smallest absolute Gasteiger partial charge is 0.671 e. The van der Waals surface area contributed by atoms with Gasteiger partial charge in [0.05, 0.1) is 0 Å². The second kappa shape index (κ2) is 4.91. The van der Waals surface area contributed by atoms with Gasteiger partial charge in [0.1, 0.15) is 0 Å². The molecule has 1 nitrogen and oxygen atoms in total. The second-order valence-corrected chi connectivity index (χ2v) is 2.13. The van der Waals surface area contributed by atoms with Crippen molar-refractivity contribution in [2.24, 2.45) is 0 Å². The van der Waals surface area contributed by atoms with Crippen molar-refractivity contribution >= 4 is 0 Å². The molecule has 0 aliphatic rings. The Balaban J connectivity index is 0.000000810. The van der Waals surface area contributed by atoms with Gasteiger partial charge in [-0.1, -0.05) is 42.8 Å². The first kappa shape index (κ1) is 10.2. The van der Waals surface area contributed by atoms with E-state index in [0.29, 0.717) is 0 Å². The van der Waals surface area contributed by atoms with Crippen molar-refractivity contribution in [2.45, 2.75) is 13.0 Å². The maximum Gasteiger partial charge on any atom is 1.00 e. The summed E-state index contributed by atoms with van der Waals surface area (Å²) in [5, 5.41) is 0. The van der Waals surface area contributed by atoms with Crippen LogP contribution in [0.5, 0.6) is 0 Å². The summed E-state index contributed by atoms with van der Waals surface area (Å²) in [6.07, 6.45) is 0. The Labute approximate surface area is 83.9 Å². The summed E-state index contributed by atoms with van der Waals surface area (Å²) >= 11 is 0. The van der Waals surface area contributed by atoms with E-state index in [-0.39, 0.29) is 35.6 Å². The minimum Gasteiger partial charge on any atom is -0.671 e. The van der Waals surface area contributed by atoms with E-state index in [9.17, 15) is 0 Å². The van der Waals surface area contributed by atoms with E-state index in [1.807, 2.05) is 37.3 Å². The van der Waals surface area contributed by atoms with Gasteiger partial charge in [0.25, 0.3) is 0 Å². The monoisotopic (exact) mass is 143 g/mol. The van der Waals surface area contributed by atoms with Gasteiger partial charge in [0.2, 0.25) is 0 Å². The van der Waals surface area contributed by atoms with Gasteiger partial charge in [0.15, 0.2) is 0 Å². The van der Waals surface area contributed by atoms with Crippen LogP contribution >= 0.6 is 0 Å². The molecular formula is C8H10NNa. The van der Waals surface area contributed by atoms with Crippen LogP contribution in [-0.4, -0.2) is 0 Å². The standard InChI is InChI=1S/C8H10N.Na/c1-7(9)8-5-3-2-4-6-8;/h2-7,9H,1H3;/q-1;+1/t7-;/m1./s1. The van der Waals surface area contributed by atoms with Crippen LogP contribution in [0.4, 0.5) is 0 Å². The van der Waals surface area contributed by atoms with E-state index >= 15 is 0 Å². The van der Waals surface area contributed by atoms with Gasteiger partial charge in [-0.05, 0) is 0 Å². The average Bonchev–Trinajstić information content (AvgIpc) is 1.90. The van der Waals surface area contributed by atoms with Gasteiger partial charge < -0.3 is 5.73 Å². The maximum absolute atomic E-state index is 7.32. The molecule has 0 bridgehead atoms. The van der Waals surface area contributed by atoms with Crippen LogP contribution in [0.15, 0.2) is 30.3 Å². The second-order valence-electron chi connectivity index (χ2n) is 2.13. The Morgan fingerprint density at radius 2 is 1.70 bits per heavy atom. The summed E-state index contributed by atoms with van der Waals surface area (Å²) < 4.78 is 0. The number of benzene rings is 1. The van der Waals surface area contributed by atoms with E-state index in [1.54, 1.807) is 0 Å². The molecule has 0 unspecified atom stereocenters. The molecule has 0 amide bonds. The SMILES string of the molecule is C[C@@H]([NH-])c1ccccc1.[Na+]. The Bertz CT molecular complexity index is 172. The van der Waals surface area contributed by atoms with Crippen molar-refractivity contribution in [3.63, 3.8) is 0 Å². The Hall–Kier alpha value is 0.180. The zero-order valence-corrected chi connectivity index (χ0v) is 8.46. The third kappa shape index (κ3) is 2.84. The molecule has 2 heteroatoms. The van der Waals surface area contributed by atoms with Crippen molar-refractivity contribution in [2.75, 3.05) is 0 Å². The van der Waals surface area contributed by atoms with Crippen molar-refractivity contribution in [1.29, 1.82) is 0 Å². The molecule has 0 fully saturated rings. The Morgan fingerprint density at radius 1 is 1.20 bits per heavy atom. The van der Waals surface area contributed by atoms with E-state index < -0.39 is 0 Å². The molecule has 1 N–H and O–H groups in total. The van der Waals surface area contributed by atoms with Gasteiger partial charge in [0, 0.05) is 0 Å². The summed E-state index contributed by atoms with van der Waals surface area (Å²) in [5.41, 5.74) is 8.40. The summed E-state index contributed by atoms with van der Waals surface area (Å²) in [5.74, 6) is 0. The van der Waals surface area contributed by atoms with Crippen LogP contribution in [0.2, 0.25) is 0 Å². The fourth-order valence-corrected chi connectivity index (χ4v) is 0.742. The van der Waals surface area contributed by atoms with Gasteiger partial charge in [-0.2, -0.15) is 0 Å². The normalized spacial score (nSPS) is 11.8. The zero-order chi connectivity index (χ0) is 6.69. The molecular weight excluding hydrogens is 133 g/mol. The molecule has 0 spiro atoms. The number of nitrogens with one attached hydrogen (secondary N) is 1. The first-order valence-electron chi connectivity index (χ1n) is 3.07. The molecule has 1 aromatic carbocycles. The van der Waals surface area contributed by atoms with Crippen molar-refractivity contribution in [3.8, 4) is 0 Å². The number of hydrogen-bond donors (Lipinski definition) is 0. The Morgan fingerprint density at radius 3 is 2.00 bits per heavy atom. The molecule has 1 aromatic rings. The molecule has 0 aliphatic heterocycles. The van der Waals surface area contributed by atoms with Crippen LogP contribution in [0, 0.1) is 0 Å². The molecule has 0 aromatic heterocycles. The number of hydrogen-bond acceptors (Lipinski definition) is 0. The van der Waals surface area contributed by atoms with Crippen LogP contribution < -0.4 is 29.6 Å². The van der Waals surface area contributed by atoms with Gasteiger partial charge >= 0.3 is 29.6 Å². The molecule has 48 valence electrons. The van der Waals surface area contributed by atoms with E-state index in [2.05, 4.69) is 0 Å². The summed E-state index contributed by atoms with van der Waals surface area (Å²) in [4.78, 5) is 0. The summed E-state index contributed by atoms with van der Waals surface area (Å²) in [6.45, 7) is 1.87. The maximum atomic E-state index is 7.32. The van der Waals surface area contributed by atoms with Gasteiger partial charge in [-0.3, -0.25) is 0 Å². The Kier molecular flexibility index (Phi) is 5.00. The predicted octanol–water partition coefficient (Wildman–Crippen LogP) is -0.196. The van der Waals surface area contributed by atoms with E-state index in [0.717, 1.165) is 5.56 Å². The van der Waals surface area contributed by atoms with Gasteiger partial charge in [-0.15, -0.1) is 6.04 Å². The largest absolute Gasteiger partial charge is 1.00 e. The summed E-state index contributed by atoms with van der Waals surface area (Å²) in [7, 11) is 0. The zero-order valence-electron chi connectivity index (χ0n) is 6.46. The van der Waals surface area contributed by atoms with Crippen LogP contribution in [-0.2, 0) is 0 Å². The van der Waals surface area contributed by atoms with E-state index in [4.69, 9.17) is 5.73 Å². The van der Waals surface area contributed by atoms with E-state index in [1.165, 1.54) is 0 Å². The molecule has 0 saturated carbocycles. The van der Waals surface area contributed by atoms with Gasteiger partial charge in [-0.25, -0.2) is 0 Å². The minimum absolute atomic E-state index is 0. The predicted molar refractivity (Wildman–Crippen MR) is 39.2 cm³/mol. The quantitative estimate of drug-likeness (QED) is 0.486. The average molecular weight is 143 g/mol. The summed E-state index contributed by atoms with van der Waals surface area (Å²) in [6, 6.07) is 9.73. The fourth-order valence-electron chi connectivity index (χ4n) is 0.742. The first-order valence-corrected chi connectivity index (χ1v) is 3.07. The third-order valence-electron chi connectivity index (χ3n) is 1.30. The molecule has 0 radical (unpaired) electrons. The molecule has 0 heterocycles. The molecule has 1 rings (SSSR count). The van der Waals surface area contributed by atoms with Crippen LogP contribution in [0.1, 0.15) is 18.5 Å². The van der Waals surface area contributed by atoms with Crippen molar-refractivity contribution in [1.82, 2.24) is 0 Å². The first-order chi connectivity index (χ1) is 4.30. The topological polar surface area (TPSA) is 23.8 Å². The van der Waals surface area contributed by atoms with Crippen molar-refractivity contribution in [3.05, 3.63) is 41.6 Å². The molecule has 0 aliphatic carbocycles. The fraction of sp³-hybridized carbons (Fsp3) is 0.250. The van der Waals surface area contributed by atoms with Crippen LogP contribution in [0.25, 0.3) is 5.73 Å². The minimum atomic E-state index is -0.0915. The molecule has 10 heavy (non-hydrogen) atoms. The number of rotatable bonds is 1.